The van der Waals surface area contributed by atoms with E-state index in [-0.39, 0.29) is 12.4 Å². The molecule has 0 aliphatic carbocycles. The first kappa shape index (κ1) is 21.5. The van der Waals surface area contributed by atoms with Crippen molar-refractivity contribution in [2.75, 3.05) is 24.9 Å². The molecule has 0 spiro atoms. The Morgan fingerprint density at radius 3 is 2.27 bits per heavy atom. The Kier molecular flexibility index (Phi) is 6.82. The van der Waals surface area contributed by atoms with E-state index in [0.29, 0.717) is 22.5 Å². The van der Waals surface area contributed by atoms with Crippen molar-refractivity contribution in [3.8, 4) is 11.5 Å². The van der Waals surface area contributed by atoms with Crippen molar-refractivity contribution in [2.45, 2.75) is 0 Å². The van der Waals surface area contributed by atoms with Crippen LogP contribution in [0.4, 0.5) is 23.1 Å². The third kappa shape index (κ3) is 4.67. The number of methoxy groups -OCH3 is 2. The first-order valence-corrected chi connectivity index (χ1v) is 9.32. The normalized spacial score (nSPS) is 10.2. The lowest BCUT2D eigenvalue weighted by Gasteiger charge is -2.13. The van der Waals surface area contributed by atoms with Crippen molar-refractivity contribution in [3.63, 3.8) is 0 Å². The van der Waals surface area contributed by atoms with Crippen molar-refractivity contribution < 1.29 is 9.47 Å². The van der Waals surface area contributed by atoms with Gasteiger partial charge in [0, 0.05) is 22.8 Å². The Balaban J connectivity index is 0.00000256. The molecular formula is C22H20Cl2N4O2. The van der Waals surface area contributed by atoms with Gasteiger partial charge < -0.3 is 20.1 Å². The molecule has 6 nitrogen and oxygen atoms in total. The second kappa shape index (κ2) is 9.52. The molecule has 0 saturated heterocycles. The van der Waals surface area contributed by atoms with Gasteiger partial charge in [-0.1, -0.05) is 23.7 Å². The molecule has 0 atom stereocenters. The lowest BCUT2D eigenvalue weighted by molar-refractivity contribution is 0.415. The molecule has 4 aromatic rings. The van der Waals surface area contributed by atoms with Crippen LogP contribution in [0, 0.1) is 0 Å². The minimum absolute atomic E-state index is 0. The Hall–Kier alpha value is -3.22. The number of rotatable bonds is 6. The number of hydrogen-bond donors (Lipinski definition) is 2. The van der Waals surface area contributed by atoms with Gasteiger partial charge in [0.2, 0.25) is 5.95 Å². The van der Waals surface area contributed by atoms with Gasteiger partial charge in [-0.2, -0.15) is 4.98 Å². The minimum Gasteiger partial charge on any atom is -0.497 e. The van der Waals surface area contributed by atoms with E-state index < -0.39 is 0 Å². The zero-order valence-corrected chi connectivity index (χ0v) is 17.9. The molecule has 3 aromatic carbocycles. The maximum absolute atomic E-state index is 6.13. The van der Waals surface area contributed by atoms with Crippen LogP contribution >= 0.6 is 24.0 Å². The highest BCUT2D eigenvalue weighted by atomic mass is 35.5. The monoisotopic (exact) mass is 442 g/mol. The number of aromatic nitrogens is 2. The van der Waals surface area contributed by atoms with Crippen LogP contribution in [0.5, 0.6) is 11.5 Å². The lowest BCUT2D eigenvalue weighted by atomic mass is 10.2. The Morgan fingerprint density at radius 1 is 0.800 bits per heavy atom. The fourth-order valence-corrected chi connectivity index (χ4v) is 3.10. The largest absolute Gasteiger partial charge is 0.497 e. The van der Waals surface area contributed by atoms with Crippen LogP contribution in [0.25, 0.3) is 10.9 Å². The molecule has 0 amide bonds. The average Bonchev–Trinajstić information content (AvgIpc) is 2.75. The van der Waals surface area contributed by atoms with E-state index >= 15 is 0 Å². The lowest BCUT2D eigenvalue weighted by Crippen LogP contribution is -2.02. The summed E-state index contributed by atoms with van der Waals surface area (Å²) in [5, 5.41) is 8.04. The number of para-hydroxylation sites is 1. The molecule has 4 rings (SSSR count). The second-order valence-electron chi connectivity index (χ2n) is 6.24. The molecule has 0 bridgehead atoms. The van der Waals surface area contributed by atoms with E-state index in [1.165, 1.54) is 0 Å². The van der Waals surface area contributed by atoms with Crippen LogP contribution in [0.2, 0.25) is 5.02 Å². The maximum atomic E-state index is 6.13. The zero-order chi connectivity index (χ0) is 20.2. The van der Waals surface area contributed by atoms with E-state index in [2.05, 4.69) is 20.6 Å². The Bertz CT molecular complexity index is 1150. The molecule has 2 N–H and O–H groups in total. The summed E-state index contributed by atoms with van der Waals surface area (Å²) in [5.41, 5.74) is 2.49. The van der Waals surface area contributed by atoms with E-state index in [0.717, 1.165) is 28.0 Å². The van der Waals surface area contributed by atoms with Gasteiger partial charge >= 0.3 is 0 Å². The molecule has 154 valence electrons. The van der Waals surface area contributed by atoms with Crippen LogP contribution in [-0.2, 0) is 0 Å². The molecular weight excluding hydrogens is 423 g/mol. The fraction of sp³-hybridized carbons (Fsp3) is 0.0909. The summed E-state index contributed by atoms with van der Waals surface area (Å²) in [6.07, 6.45) is 0. The summed E-state index contributed by atoms with van der Waals surface area (Å²) in [7, 11) is 3.22. The van der Waals surface area contributed by atoms with Crippen molar-refractivity contribution in [1.82, 2.24) is 9.97 Å². The number of hydrogen-bond acceptors (Lipinski definition) is 6. The number of halogens is 2. The van der Waals surface area contributed by atoms with Gasteiger partial charge in [0.1, 0.15) is 17.3 Å². The summed E-state index contributed by atoms with van der Waals surface area (Å²) in [4.78, 5) is 9.30. The number of benzene rings is 3. The SMILES string of the molecule is COc1ccc(Nc2nc(Nc3ccc(Cl)c(OC)c3)c3ccccc3n2)cc1.Cl. The minimum atomic E-state index is 0. The van der Waals surface area contributed by atoms with Gasteiger partial charge in [0.15, 0.2) is 0 Å². The third-order valence-corrected chi connectivity index (χ3v) is 4.68. The molecule has 1 heterocycles. The summed E-state index contributed by atoms with van der Waals surface area (Å²) in [6, 6.07) is 20.9. The number of nitrogens with zero attached hydrogens (tertiary/aromatic N) is 2. The predicted molar refractivity (Wildman–Crippen MR) is 124 cm³/mol. The first-order valence-electron chi connectivity index (χ1n) is 8.94. The van der Waals surface area contributed by atoms with E-state index in [1.54, 1.807) is 20.3 Å². The quantitative estimate of drug-likeness (QED) is 0.369. The van der Waals surface area contributed by atoms with Crippen LogP contribution in [-0.4, -0.2) is 24.2 Å². The molecule has 8 heteroatoms. The smallest absolute Gasteiger partial charge is 0.229 e. The highest BCUT2D eigenvalue weighted by Crippen LogP contribution is 2.31. The van der Waals surface area contributed by atoms with Crippen LogP contribution in [0.15, 0.2) is 66.7 Å². The van der Waals surface area contributed by atoms with E-state index in [4.69, 9.17) is 21.1 Å². The summed E-state index contributed by atoms with van der Waals surface area (Å²) in [6.45, 7) is 0. The Labute approximate surface area is 185 Å². The fourth-order valence-electron chi connectivity index (χ4n) is 2.91. The standard InChI is InChI=1S/C22H19ClN4O2.ClH/c1-28-16-10-7-14(8-11-16)25-22-26-19-6-4-3-5-17(19)21(27-22)24-15-9-12-18(23)20(13-15)29-2;/h3-13H,1-2H3,(H2,24,25,26,27);1H. The molecule has 0 radical (unpaired) electrons. The van der Waals surface area contributed by atoms with Gasteiger partial charge in [-0.05, 0) is 48.5 Å². The van der Waals surface area contributed by atoms with E-state index in [9.17, 15) is 0 Å². The summed E-state index contributed by atoms with van der Waals surface area (Å²) < 4.78 is 10.5. The van der Waals surface area contributed by atoms with Crippen LogP contribution in [0.3, 0.4) is 0 Å². The maximum Gasteiger partial charge on any atom is 0.229 e. The number of ether oxygens (including phenoxy) is 2. The second-order valence-corrected chi connectivity index (χ2v) is 6.65. The van der Waals surface area contributed by atoms with Crippen molar-refractivity contribution in [1.29, 1.82) is 0 Å². The predicted octanol–water partition coefficient (Wildman–Crippen LogP) is 6.21. The van der Waals surface area contributed by atoms with Gasteiger partial charge in [-0.3, -0.25) is 0 Å². The molecule has 0 aliphatic heterocycles. The molecule has 30 heavy (non-hydrogen) atoms. The van der Waals surface area contributed by atoms with E-state index in [1.807, 2.05) is 60.7 Å². The zero-order valence-electron chi connectivity index (χ0n) is 16.3. The highest BCUT2D eigenvalue weighted by molar-refractivity contribution is 6.32. The molecule has 0 fully saturated rings. The summed E-state index contributed by atoms with van der Waals surface area (Å²) in [5.74, 6) is 2.54. The molecule has 0 saturated carbocycles. The molecule has 0 unspecified atom stereocenters. The topological polar surface area (TPSA) is 68.3 Å². The van der Waals surface area contributed by atoms with Crippen LogP contribution in [0.1, 0.15) is 0 Å². The van der Waals surface area contributed by atoms with Crippen molar-refractivity contribution in [3.05, 3.63) is 71.8 Å². The third-order valence-electron chi connectivity index (χ3n) is 4.36. The van der Waals surface area contributed by atoms with Crippen molar-refractivity contribution >= 4 is 58.1 Å². The van der Waals surface area contributed by atoms with Gasteiger partial charge in [-0.15, -0.1) is 12.4 Å². The molecule has 1 aromatic heterocycles. The van der Waals surface area contributed by atoms with Gasteiger partial charge in [0.25, 0.3) is 0 Å². The summed E-state index contributed by atoms with van der Waals surface area (Å²) >= 11 is 6.13. The number of anilines is 4. The number of nitrogens with one attached hydrogen (secondary N) is 2. The first-order chi connectivity index (χ1) is 14.2. The molecule has 0 aliphatic rings. The van der Waals surface area contributed by atoms with Gasteiger partial charge in [-0.25, -0.2) is 4.98 Å². The number of fused-ring (bicyclic) bond motifs is 1. The Morgan fingerprint density at radius 2 is 1.53 bits per heavy atom. The average molecular weight is 443 g/mol. The van der Waals surface area contributed by atoms with Crippen LogP contribution < -0.4 is 20.1 Å². The van der Waals surface area contributed by atoms with Crippen molar-refractivity contribution in [2.24, 2.45) is 0 Å². The van der Waals surface area contributed by atoms with Gasteiger partial charge in [0.05, 0.1) is 24.8 Å². The highest BCUT2D eigenvalue weighted by Gasteiger charge is 2.10.